The highest BCUT2D eigenvalue weighted by Crippen LogP contribution is 2.02. The van der Waals surface area contributed by atoms with Crippen LogP contribution in [0.4, 0.5) is 4.79 Å². The Labute approximate surface area is 98.7 Å². The molecule has 2 amide bonds. The molecule has 0 bridgehead atoms. The topological polar surface area (TPSA) is 113 Å². The van der Waals surface area contributed by atoms with Crippen LogP contribution in [0.3, 0.4) is 0 Å². The average molecular weight is 262 g/mol. The Morgan fingerprint density at radius 3 is 2.82 bits per heavy atom. The molecule has 96 valence electrons. The number of aryl methyl sites for hydroxylation is 1. The minimum absolute atomic E-state index is 0.0770. The predicted molar refractivity (Wildman–Crippen MR) is 58.6 cm³/mol. The normalized spacial score (nSPS) is 11.2. The molecule has 1 heterocycles. The van der Waals surface area contributed by atoms with Crippen LogP contribution >= 0.6 is 0 Å². The quantitative estimate of drug-likeness (QED) is 0.576. The molecule has 1 rings (SSSR count). The van der Waals surface area contributed by atoms with Crippen LogP contribution in [0.15, 0.2) is 17.6 Å². The van der Waals surface area contributed by atoms with Gasteiger partial charge in [-0.2, -0.15) is 8.42 Å². The van der Waals surface area contributed by atoms with E-state index in [9.17, 15) is 13.2 Å². The minimum atomic E-state index is -3.96. The maximum atomic E-state index is 11.7. The molecule has 1 aromatic rings. The van der Waals surface area contributed by atoms with E-state index in [2.05, 4.69) is 10.3 Å². The Morgan fingerprint density at radius 1 is 1.59 bits per heavy atom. The maximum absolute atomic E-state index is 11.7. The predicted octanol–water partition coefficient (Wildman–Crippen LogP) is -1.21. The summed E-state index contributed by atoms with van der Waals surface area (Å²) in [6, 6.07) is -0.846. The van der Waals surface area contributed by atoms with E-state index in [-0.39, 0.29) is 18.3 Å². The molecule has 0 atom stereocenters. The van der Waals surface area contributed by atoms with Crippen LogP contribution in [0.2, 0.25) is 0 Å². The van der Waals surface area contributed by atoms with E-state index in [4.69, 9.17) is 5.11 Å². The summed E-state index contributed by atoms with van der Waals surface area (Å²) in [5, 5.41) is 10.5. The number of carbonyl (C=O) groups excluding carboxylic acids is 1. The van der Waals surface area contributed by atoms with Crippen molar-refractivity contribution in [2.45, 2.75) is 11.6 Å². The fourth-order valence-electron chi connectivity index (χ4n) is 1.10. The first-order valence-electron chi connectivity index (χ1n) is 4.86. The highest BCUT2D eigenvalue weighted by atomic mass is 32.2. The second-order valence-corrected chi connectivity index (χ2v) is 4.84. The summed E-state index contributed by atoms with van der Waals surface area (Å²) in [6.07, 6.45) is 3.13. The summed E-state index contributed by atoms with van der Waals surface area (Å²) in [5.74, 6) is 0. The summed E-state index contributed by atoms with van der Waals surface area (Å²) in [5.41, 5.74) is 0. The van der Waals surface area contributed by atoms with Crippen LogP contribution in [0.25, 0.3) is 0 Å². The molecule has 17 heavy (non-hydrogen) atoms. The first-order chi connectivity index (χ1) is 7.97. The lowest BCUT2D eigenvalue weighted by Crippen LogP contribution is -2.40. The Kier molecular flexibility index (Phi) is 4.46. The van der Waals surface area contributed by atoms with Crippen molar-refractivity contribution in [1.29, 1.82) is 0 Å². The van der Waals surface area contributed by atoms with Gasteiger partial charge in [0.2, 0.25) is 5.16 Å². The number of carbonyl (C=O) groups is 1. The van der Waals surface area contributed by atoms with Crippen LogP contribution in [-0.4, -0.2) is 42.3 Å². The van der Waals surface area contributed by atoms with Gasteiger partial charge in [0.25, 0.3) is 10.0 Å². The molecule has 0 saturated heterocycles. The molecule has 0 aliphatic heterocycles. The van der Waals surface area contributed by atoms with E-state index in [0.717, 1.165) is 0 Å². The molecule has 0 fully saturated rings. The van der Waals surface area contributed by atoms with E-state index < -0.39 is 16.1 Å². The Balaban J connectivity index is 2.62. The number of rotatable bonds is 5. The van der Waals surface area contributed by atoms with Crippen LogP contribution in [0, 0.1) is 0 Å². The molecule has 0 aliphatic carbocycles. The van der Waals surface area contributed by atoms with Gasteiger partial charge in [-0.25, -0.2) is 14.5 Å². The van der Waals surface area contributed by atoms with Crippen molar-refractivity contribution in [3.05, 3.63) is 12.4 Å². The van der Waals surface area contributed by atoms with Gasteiger partial charge in [0.1, 0.15) is 0 Å². The second-order valence-electron chi connectivity index (χ2n) is 3.26. The fourth-order valence-corrected chi connectivity index (χ4v) is 2.14. The third kappa shape index (κ3) is 3.71. The van der Waals surface area contributed by atoms with E-state index in [0.29, 0.717) is 6.42 Å². The first kappa shape index (κ1) is 13.5. The lowest BCUT2D eigenvalue weighted by atomic mass is 10.4. The smallest absolute Gasteiger partial charge is 0.328 e. The zero-order valence-electron chi connectivity index (χ0n) is 9.25. The van der Waals surface area contributed by atoms with Crippen molar-refractivity contribution in [3.8, 4) is 0 Å². The summed E-state index contributed by atoms with van der Waals surface area (Å²) in [4.78, 5) is 14.8. The van der Waals surface area contributed by atoms with Gasteiger partial charge in [-0.15, -0.1) is 0 Å². The Morgan fingerprint density at radius 2 is 2.29 bits per heavy atom. The number of urea groups is 1. The summed E-state index contributed by atoms with van der Waals surface area (Å²) in [6.45, 7) is 0.116. The molecule has 0 saturated carbocycles. The molecule has 0 radical (unpaired) electrons. The number of amides is 2. The molecule has 0 spiro atoms. The zero-order valence-corrected chi connectivity index (χ0v) is 10.1. The lowest BCUT2D eigenvalue weighted by molar-refractivity contribution is 0.243. The standard InChI is InChI=1S/C8H14N4O4S/c1-12-5-4-10-8(12)17(15,16)11-7(14)9-3-2-6-13/h4-5,13H,2-3,6H2,1H3,(H2,9,11,14). The van der Waals surface area contributed by atoms with Gasteiger partial charge in [0, 0.05) is 32.6 Å². The molecular formula is C8H14N4O4S. The molecule has 0 aromatic carbocycles. The van der Waals surface area contributed by atoms with Gasteiger partial charge in [-0.3, -0.25) is 0 Å². The van der Waals surface area contributed by atoms with Crippen molar-refractivity contribution < 1.29 is 18.3 Å². The highest BCUT2D eigenvalue weighted by Gasteiger charge is 2.21. The minimum Gasteiger partial charge on any atom is -0.396 e. The van der Waals surface area contributed by atoms with E-state index in [1.165, 1.54) is 24.0 Å². The number of aliphatic hydroxyl groups excluding tert-OH is 1. The third-order valence-corrected chi connectivity index (χ3v) is 3.19. The second kappa shape index (κ2) is 5.64. The summed E-state index contributed by atoms with van der Waals surface area (Å²) in [7, 11) is -2.45. The number of sulfonamides is 1. The number of nitrogens with one attached hydrogen (secondary N) is 2. The molecular weight excluding hydrogens is 248 g/mol. The monoisotopic (exact) mass is 262 g/mol. The van der Waals surface area contributed by atoms with Crippen LogP contribution in [0.5, 0.6) is 0 Å². The van der Waals surface area contributed by atoms with Gasteiger partial charge in [-0.1, -0.05) is 0 Å². The van der Waals surface area contributed by atoms with Gasteiger partial charge in [0.05, 0.1) is 0 Å². The molecule has 0 unspecified atom stereocenters. The Hall–Kier alpha value is -1.61. The fraction of sp³-hybridized carbons (Fsp3) is 0.500. The van der Waals surface area contributed by atoms with Crippen molar-refractivity contribution in [3.63, 3.8) is 0 Å². The lowest BCUT2D eigenvalue weighted by Gasteiger charge is -2.07. The number of hydrogen-bond acceptors (Lipinski definition) is 5. The largest absolute Gasteiger partial charge is 0.396 e. The average Bonchev–Trinajstić information content (AvgIpc) is 2.64. The number of nitrogens with zero attached hydrogens (tertiary/aromatic N) is 2. The number of aliphatic hydroxyl groups is 1. The van der Waals surface area contributed by atoms with Crippen molar-refractivity contribution >= 4 is 16.1 Å². The summed E-state index contributed by atoms with van der Waals surface area (Å²) >= 11 is 0. The first-order valence-corrected chi connectivity index (χ1v) is 6.34. The number of hydrogen-bond donors (Lipinski definition) is 3. The molecule has 3 N–H and O–H groups in total. The van der Waals surface area contributed by atoms with Gasteiger partial charge in [0.15, 0.2) is 0 Å². The van der Waals surface area contributed by atoms with Gasteiger partial charge < -0.3 is 15.0 Å². The SMILES string of the molecule is Cn1ccnc1S(=O)(=O)NC(=O)NCCCO. The van der Waals surface area contributed by atoms with Crippen LogP contribution < -0.4 is 10.0 Å². The van der Waals surface area contributed by atoms with E-state index in [1.807, 2.05) is 4.72 Å². The van der Waals surface area contributed by atoms with E-state index >= 15 is 0 Å². The number of imidazole rings is 1. The zero-order chi connectivity index (χ0) is 12.9. The number of aromatic nitrogens is 2. The third-order valence-electron chi connectivity index (χ3n) is 1.86. The maximum Gasteiger partial charge on any atom is 0.328 e. The summed E-state index contributed by atoms with van der Waals surface area (Å²) < 4.78 is 26.4. The van der Waals surface area contributed by atoms with E-state index in [1.54, 1.807) is 0 Å². The van der Waals surface area contributed by atoms with Crippen LogP contribution in [0.1, 0.15) is 6.42 Å². The van der Waals surface area contributed by atoms with Crippen molar-refractivity contribution in [2.75, 3.05) is 13.2 Å². The Bertz CT molecular complexity index is 481. The molecule has 0 aliphatic rings. The highest BCUT2D eigenvalue weighted by molar-refractivity contribution is 7.89. The molecule has 9 heteroatoms. The van der Waals surface area contributed by atoms with Crippen molar-refractivity contribution in [1.82, 2.24) is 19.6 Å². The van der Waals surface area contributed by atoms with Gasteiger partial charge in [-0.05, 0) is 6.42 Å². The molecule has 8 nitrogen and oxygen atoms in total. The van der Waals surface area contributed by atoms with Crippen LogP contribution in [-0.2, 0) is 17.1 Å². The van der Waals surface area contributed by atoms with Crippen molar-refractivity contribution in [2.24, 2.45) is 7.05 Å². The molecule has 1 aromatic heterocycles. The van der Waals surface area contributed by atoms with Gasteiger partial charge >= 0.3 is 6.03 Å².